The minimum Gasteiger partial charge on any atom is -0.477 e. The number of aliphatic imine (C=N–C) groups is 1. The molecular weight excluding hydrogens is 429 g/mol. The fraction of sp³-hybridized carbons (Fsp3) is 0.667. The highest BCUT2D eigenvalue weighted by Crippen LogP contribution is 2.29. The molecule has 140 valence electrons. The molecule has 3 rings (SSSR count). The highest BCUT2D eigenvalue weighted by atomic mass is 127. The first-order valence-corrected chi connectivity index (χ1v) is 9.10. The SMILES string of the molecule is CCN1CCCC1CNC(N)=NCc1ccnc(OCC2CC2)c1.I. The van der Waals surface area contributed by atoms with E-state index in [2.05, 4.69) is 27.1 Å². The maximum atomic E-state index is 6.00. The van der Waals surface area contributed by atoms with Gasteiger partial charge in [-0.25, -0.2) is 9.98 Å². The average molecular weight is 459 g/mol. The van der Waals surface area contributed by atoms with E-state index in [4.69, 9.17) is 10.5 Å². The molecule has 1 saturated heterocycles. The molecule has 1 saturated carbocycles. The smallest absolute Gasteiger partial charge is 0.213 e. The van der Waals surface area contributed by atoms with Crippen LogP contribution in [0.3, 0.4) is 0 Å². The van der Waals surface area contributed by atoms with Gasteiger partial charge >= 0.3 is 0 Å². The number of nitrogens with one attached hydrogen (secondary N) is 1. The van der Waals surface area contributed by atoms with Gasteiger partial charge in [-0.1, -0.05) is 6.92 Å². The van der Waals surface area contributed by atoms with Gasteiger partial charge in [0.15, 0.2) is 5.96 Å². The molecule has 3 N–H and O–H groups in total. The molecule has 7 heteroatoms. The number of aromatic nitrogens is 1. The van der Waals surface area contributed by atoms with Crippen LogP contribution in [-0.2, 0) is 6.54 Å². The van der Waals surface area contributed by atoms with Crippen LogP contribution in [0.15, 0.2) is 23.3 Å². The third kappa shape index (κ3) is 6.62. The van der Waals surface area contributed by atoms with Crippen molar-refractivity contribution in [1.29, 1.82) is 0 Å². The summed E-state index contributed by atoms with van der Waals surface area (Å²) in [4.78, 5) is 11.2. The molecule has 0 spiro atoms. The average Bonchev–Trinajstić information content (AvgIpc) is 3.33. The molecule has 1 aliphatic heterocycles. The monoisotopic (exact) mass is 459 g/mol. The number of ether oxygens (including phenoxy) is 1. The van der Waals surface area contributed by atoms with E-state index in [1.165, 1.54) is 32.2 Å². The summed E-state index contributed by atoms with van der Waals surface area (Å²) in [6.45, 7) is 6.70. The van der Waals surface area contributed by atoms with Crippen LogP contribution in [0.1, 0.15) is 38.2 Å². The second-order valence-electron chi connectivity index (χ2n) is 6.76. The number of likely N-dealkylation sites (N-methyl/N-ethyl adjacent to an activating group) is 1. The Morgan fingerprint density at radius 3 is 3.04 bits per heavy atom. The number of nitrogens with two attached hydrogens (primary N) is 1. The van der Waals surface area contributed by atoms with Crippen molar-refractivity contribution in [1.82, 2.24) is 15.2 Å². The Balaban J connectivity index is 0.00000225. The van der Waals surface area contributed by atoms with Gasteiger partial charge in [-0.2, -0.15) is 0 Å². The van der Waals surface area contributed by atoms with Gasteiger partial charge < -0.3 is 15.8 Å². The zero-order valence-electron chi connectivity index (χ0n) is 15.0. The predicted molar refractivity (Wildman–Crippen MR) is 111 cm³/mol. The fourth-order valence-corrected chi connectivity index (χ4v) is 3.11. The highest BCUT2D eigenvalue weighted by Gasteiger charge is 2.23. The van der Waals surface area contributed by atoms with Gasteiger partial charge in [0.05, 0.1) is 13.2 Å². The van der Waals surface area contributed by atoms with Crippen molar-refractivity contribution in [2.45, 2.75) is 45.2 Å². The first-order valence-electron chi connectivity index (χ1n) is 9.10. The minimum atomic E-state index is 0. The van der Waals surface area contributed by atoms with Crippen LogP contribution in [0, 0.1) is 5.92 Å². The summed E-state index contributed by atoms with van der Waals surface area (Å²) in [5.41, 5.74) is 7.07. The van der Waals surface area contributed by atoms with Gasteiger partial charge in [-0.3, -0.25) is 4.90 Å². The molecule has 1 aromatic rings. The minimum absolute atomic E-state index is 0. The summed E-state index contributed by atoms with van der Waals surface area (Å²) >= 11 is 0. The van der Waals surface area contributed by atoms with Gasteiger partial charge in [-0.05, 0) is 56.3 Å². The Bertz CT molecular complexity index is 564. The van der Waals surface area contributed by atoms with E-state index < -0.39 is 0 Å². The van der Waals surface area contributed by atoms with E-state index in [0.29, 0.717) is 24.4 Å². The van der Waals surface area contributed by atoms with Crippen LogP contribution in [-0.4, -0.2) is 48.1 Å². The van der Waals surface area contributed by atoms with E-state index >= 15 is 0 Å². The van der Waals surface area contributed by atoms with Gasteiger partial charge in [0.1, 0.15) is 0 Å². The van der Waals surface area contributed by atoms with E-state index in [1.807, 2.05) is 12.1 Å². The van der Waals surface area contributed by atoms with Crippen LogP contribution in [0.4, 0.5) is 0 Å². The molecule has 6 nitrogen and oxygen atoms in total. The number of likely N-dealkylation sites (tertiary alicyclic amines) is 1. The molecule has 2 heterocycles. The van der Waals surface area contributed by atoms with Crippen LogP contribution in [0.2, 0.25) is 0 Å². The Morgan fingerprint density at radius 1 is 1.44 bits per heavy atom. The molecule has 25 heavy (non-hydrogen) atoms. The standard InChI is InChI=1S/C18H29N5O.HI/c1-2-23-9-3-4-16(23)12-22-18(19)21-11-15-7-8-20-17(10-15)24-13-14-5-6-14;/h7-8,10,14,16H,2-6,9,11-13H2,1H3,(H3,19,21,22);1H. The van der Waals surface area contributed by atoms with Crippen molar-refractivity contribution in [3.8, 4) is 5.88 Å². The summed E-state index contributed by atoms with van der Waals surface area (Å²) in [5, 5.41) is 3.26. The van der Waals surface area contributed by atoms with Crippen LogP contribution < -0.4 is 15.8 Å². The Hall–Kier alpha value is -1.09. The first-order chi connectivity index (χ1) is 11.7. The van der Waals surface area contributed by atoms with Crippen molar-refractivity contribution >= 4 is 29.9 Å². The van der Waals surface area contributed by atoms with Gasteiger partial charge in [0.25, 0.3) is 0 Å². The largest absolute Gasteiger partial charge is 0.477 e. The molecule has 1 aliphatic carbocycles. The first kappa shape index (κ1) is 20.2. The molecule has 1 unspecified atom stereocenters. The highest BCUT2D eigenvalue weighted by molar-refractivity contribution is 14.0. The van der Waals surface area contributed by atoms with Gasteiger partial charge in [0.2, 0.25) is 5.88 Å². The lowest BCUT2D eigenvalue weighted by atomic mass is 10.2. The molecule has 0 amide bonds. The van der Waals surface area contributed by atoms with Crippen molar-refractivity contribution in [3.05, 3.63) is 23.9 Å². The number of nitrogens with zero attached hydrogens (tertiary/aromatic N) is 3. The zero-order valence-corrected chi connectivity index (χ0v) is 17.3. The van der Waals surface area contributed by atoms with Gasteiger partial charge in [-0.15, -0.1) is 24.0 Å². The molecule has 0 aromatic carbocycles. The maximum Gasteiger partial charge on any atom is 0.213 e. The number of hydrogen-bond donors (Lipinski definition) is 2. The summed E-state index contributed by atoms with van der Waals surface area (Å²) in [6.07, 6.45) is 6.84. The van der Waals surface area contributed by atoms with Crippen molar-refractivity contribution in [3.63, 3.8) is 0 Å². The maximum absolute atomic E-state index is 6.00. The Labute approximate surface area is 167 Å². The lowest BCUT2D eigenvalue weighted by Crippen LogP contribution is -2.42. The summed E-state index contributed by atoms with van der Waals surface area (Å²) in [6, 6.07) is 4.48. The van der Waals surface area contributed by atoms with E-state index in [-0.39, 0.29) is 24.0 Å². The summed E-state index contributed by atoms with van der Waals surface area (Å²) in [7, 11) is 0. The summed E-state index contributed by atoms with van der Waals surface area (Å²) in [5.74, 6) is 1.92. The van der Waals surface area contributed by atoms with Crippen molar-refractivity contribution in [2.75, 3.05) is 26.2 Å². The second kappa shape index (κ2) is 10.2. The molecule has 0 radical (unpaired) electrons. The molecule has 2 fully saturated rings. The van der Waals surface area contributed by atoms with Crippen LogP contribution >= 0.6 is 24.0 Å². The lowest BCUT2D eigenvalue weighted by molar-refractivity contribution is 0.267. The summed E-state index contributed by atoms with van der Waals surface area (Å²) < 4.78 is 5.70. The topological polar surface area (TPSA) is 75.8 Å². The molecule has 1 atom stereocenters. The number of pyridine rings is 1. The van der Waals surface area contributed by atoms with E-state index in [9.17, 15) is 0 Å². The Morgan fingerprint density at radius 2 is 2.28 bits per heavy atom. The molecule has 1 aromatic heterocycles. The van der Waals surface area contributed by atoms with Gasteiger partial charge in [0, 0.05) is 24.8 Å². The third-order valence-corrected chi connectivity index (χ3v) is 4.82. The zero-order chi connectivity index (χ0) is 16.8. The van der Waals surface area contributed by atoms with Crippen LogP contribution in [0.5, 0.6) is 5.88 Å². The fourth-order valence-electron chi connectivity index (χ4n) is 3.11. The van der Waals surface area contributed by atoms with Crippen molar-refractivity contribution in [2.24, 2.45) is 16.6 Å². The molecular formula is C18H30IN5O. The number of rotatable bonds is 8. The quantitative estimate of drug-likeness (QED) is 0.355. The van der Waals surface area contributed by atoms with E-state index in [1.54, 1.807) is 6.20 Å². The normalized spacial score (nSPS) is 21.0. The second-order valence-corrected chi connectivity index (χ2v) is 6.76. The Kier molecular flexibility index (Phi) is 8.21. The lowest BCUT2D eigenvalue weighted by Gasteiger charge is -2.23. The number of hydrogen-bond acceptors (Lipinski definition) is 4. The predicted octanol–water partition coefficient (Wildman–Crippen LogP) is 2.38. The number of guanidine groups is 1. The molecule has 0 bridgehead atoms. The van der Waals surface area contributed by atoms with Crippen molar-refractivity contribution < 1.29 is 4.74 Å². The van der Waals surface area contributed by atoms with E-state index in [0.717, 1.165) is 31.2 Å². The number of halogens is 1. The van der Waals surface area contributed by atoms with Crippen LogP contribution in [0.25, 0.3) is 0 Å². The third-order valence-electron chi connectivity index (χ3n) is 4.82. The molecule has 2 aliphatic rings.